The summed E-state index contributed by atoms with van der Waals surface area (Å²) in [6.45, 7) is 5.85. The van der Waals surface area contributed by atoms with Crippen molar-refractivity contribution in [3.05, 3.63) is 118 Å². The Hall–Kier alpha value is -3.12. The van der Waals surface area contributed by atoms with Crippen LogP contribution in [0.1, 0.15) is 41.2 Å². The fourth-order valence-corrected chi connectivity index (χ4v) is 6.22. The highest BCUT2D eigenvalue weighted by Crippen LogP contribution is 2.40. The first kappa shape index (κ1) is 24.2. The molecule has 5 nitrogen and oxygen atoms in total. The molecule has 3 saturated heterocycles. The van der Waals surface area contributed by atoms with Crippen LogP contribution in [-0.2, 0) is 12.1 Å². The maximum atomic E-state index is 12.0. The van der Waals surface area contributed by atoms with Gasteiger partial charge in [0.2, 0.25) is 5.89 Å². The first-order chi connectivity index (χ1) is 18.0. The number of quaternary nitrogens is 1. The predicted molar refractivity (Wildman–Crippen MR) is 143 cm³/mol. The number of aliphatic hydroxyl groups is 1. The molecule has 2 bridgehead atoms. The molecule has 6 heteroatoms. The molecule has 0 amide bonds. The van der Waals surface area contributed by atoms with E-state index in [9.17, 15) is 5.11 Å². The Morgan fingerprint density at radius 2 is 1.65 bits per heavy atom. The monoisotopic (exact) mass is 515 g/mol. The molecule has 0 aliphatic carbocycles. The lowest BCUT2D eigenvalue weighted by Gasteiger charge is -2.51. The van der Waals surface area contributed by atoms with Crippen LogP contribution in [0.15, 0.2) is 89.5 Å². The van der Waals surface area contributed by atoms with Gasteiger partial charge in [-0.3, -0.25) is 0 Å². The molecule has 7 rings (SSSR count). The summed E-state index contributed by atoms with van der Waals surface area (Å²) in [5.41, 5.74) is 1.04. The average molecular weight is 516 g/mol. The number of benzene rings is 3. The topological polar surface area (TPSA) is 55.5 Å². The van der Waals surface area contributed by atoms with Gasteiger partial charge in [-0.2, -0.15) is 0 Å². The van der Waals surface area contributed by atoms with Gasteiger partial charge in [0.25, 0.3) is 0 Å². The Morgan fingerprint density at radius 3 is 2.27 bits per heavy atom. The third-order valence-electron chi connectivity index (χ3n) is 8.21. The van der Waals surface area contributed by atoms with Gasteiger partial charge in [-0.05, 0) is 35.7 Å². The van der Waals surface area contributed by atoms with E-state index >= 15 is 0 Å². The van der Waals surface area contributed by atoms with Crippen molar-refractivity contribution < 1.29 is 18.7 Å². The van der Waals surface area contributed by atoms with E-state index < -0.39 is 5.60 Å². The van der Waals surface area contributed by atoms with E-state index in [1.165, 1.54) is 0 Å². The molecule has 1 N–H and O–H groups in total. The van der Waals surface area contributed by atoms with Gasteiger partial charge in [0.05, 0.1) is 19.3 Å². The van der Waals surface area contributed by atoms with E-state index in [0.717, 1.165) is 76.7 Å². The minimum atomic E-state index is -1.47. The molecule has 0 unspecified atom stereocenters. The summed E-state index contributed by atoms with van der Waals surface area (Å²) in [7, 11) is 0. The van der Waals surface area contributed by atoms with Gasteiger partial charge >= 0.3 is 0 Å². The third kappa shape index (κ3) is 4.56. The van der Waals surface area contributed by atoms with Crippen molar-refractivity contribution in [2.75, 3.05) is 19.6 Å². The van der Waals surface area contributed by atoms with E-state index in [2.05, 4.69) is 4.98 Å². The Morgan fingerprint density at radius 1 is 1.00 bits per heavy atom. The summed E-state index contributed by atoms with van der Waals surface area (Å²) in [6, 6.07) is 25.2. The minimum Gasteiger partial charge on any atom is -0.484 e. The number of hydrogen-bond donors (Lipinski definition) is 1. The molecule has 190 valence electrons. The normalized spacial score (nSPS) is 23.2. The number of aryl methyl sites for hydroxylation is 1. The Kier molecular flexibility index (Phi) is 6.31. The first-order valence-corrected chi connectivity index (χ1v) is 13.4. The predicted octanol–water partition coefficient (Wildman–Crippen LogP) is 6.11. The van der Waals surface area contributed by atoms with E-state index in [-0.39, 0.29) is 6.10 Å². The van der Waals surface area contributed by atoms with Crippen molar-refractivity contribution in [2.24, 2.45) is 5.92 Å². The van der Waals surface area contributed by atoms with Crippen LogP contribution in [0.3, 0.4) is 0 Å². The fraction of sp³-hybridized carbons (Fsp3) is 0.323. The average Bonchev–Trinajstić information content (AvgIpc) is 3.40. The number of piperidine rings is 3. The number of ether oxygens (including phenoxy) is 1. The Balaban J connectivity index is 1.25. The van der Waals surface area contributed by atoms with E-state index in [4.69, 9.17) is 20.8 Å². The van der Waals surface area contributed by atoms with Crippen molar-refractivity contribution in [3.8, 4) is 5.75 Å². The highest BCUT2D eigenvalue weighted by atomic mass is 35.5. The number of oxazole rings is 1. The lowest BCUT2D eigenvalue weighted by molar-refractivity contribution is -0.958. The van der Waals surface area contributed by atoms with Crippen molar-refractivity contribution >= 4 is 11.6 Å². The van der Waals surface area contributed by atoms with Crippen LogP contribution < -0.4 is 4.74 Å². The zero-order chi connectivity index (χ0) is 25.5. The zero-order valence-electron chi connectivity index (χ0n) is 21.0. The molecule has 3 aromatic carbocycles. The smallest absolute Gasteiger partial charge is 0.236 e. The lowest BCUT2D eigenvalue weighted by Crippen LogP contribution is -2.64. The number of halogens is 1. The Bertz CT molecular complexity index is 1320. The third-order valence-corrected chi connectivity index (χ3v) is 8.62. The molecule has 3 aliphatic rings. The molecule has 4 aromatic rings. The molecule has 4 heterocycles. The largest absolute Gasteiger partial charge is 0.484 e. The molecule has 0 spiro atoms. The molecule has 3 aliphatic heterocycles. The van der Waals surface area contributed by atoms with Crippen LogP contribution in [0.5, 0.6) is 5.75 Å². The van der Waals surface area contributed by atoms with E-state index in [0.29, 0.717) is 11.8 Å². The number of hydrogen-bond acceptors (Lipinski definition) is 4. The summed E-state index contributed by atoms with van der Waals surface area (Å²) in [6.07, 6.45) is 4.19. The van der Waals surface area contributed by atoms with Crippen molar-refractivity contribution in [2.45, 2.75) is 38.0 Å². The van der Waals surface area contributed by atoms with Crippen LogP contribution in [0.2, 0.25) is 5.02 Å². The van der Waals surface area contributed by atoms with Gasteiger partial charge in [0.1, 0.15) is 18.8 Å². The van der Waals surface area contributed by atoms with Gasteiger partial charge in [0, 0.05) is 23.8 Å². The summed E-state index contributed by atoms with van der Waals surface area (Å²) < 4.78 is 13.7. The van der Waals surface area contributed by atoms with E-state index in [1.807, 2.05) is 85.8 Å². The zero-order valence-corrected chi connectivity index (χ0v) is 21.8. The second-order valence-electron chi connectivity index (χ2n) is 10.6. The summed E-state index contributed by atoms with van der Waals surface area (Å²) in [5, 5.41) is 12.8. The second-order valence-corrected chi connectivity index (χ2v) is 11.0. The van der Waals surface area contributed by atoms with Crippen LogP contribution >= 0.6 is 11.6 Å². The molecule has 0 radical (unpaired) electrons. The number of fused-ring (bicyclic) bond motifs is 3. The van der Waals surface area contributed by atoms with Gasteiger partial charge in [-0.1, -0.05) is 78.3 Å². The van der Waals surface area contributed by atoms with Crippen molar-refractivity contribution in [1.82, 2.24) is 4.98 Å². The van der Waals surface area contributed by atoms with Crippen LogP contribution in [-0.4, -0.2) is 40.3 Å². The standard InChI is InChI=1S/C31H32ClN2O3/c1-22-12-13-26(18-28(22)32)36-29-21-34(16-14-23(29)15-17-34)20-27-19-33-30(37-27)31(35,24-8-4-2-5-9-24)25-10-6-3-7-11-25/h2-13,18-19,23,29,35H,14-17,20-21H2,1H3/q+1/t23?,29-,34?/m0/s1. The molecule has 3 fully saturated rings. The lowest BCUT2D eigenvalue weighted by atomic mass is 9.83. The van der Waals surface area contributed by atoms with Gasteiger partial charge < -0.3 is 18.7 Å². The maximum absolute atomic E-state index is 12.0. The number of aromatic nitrogens is 1. The molecule has 1 aromatic heterocycles. The minimum absolute atomic E-state index is 0.147. The summed E-state index contributed by atoms with van der Waals surface area (Å²) >= 11 is 6.35. The molecular weight excluding hydrogens is 484 g/mol. The molecule has 37 heavy (non-hydrogen) atoms. The van der Waals surface area contributed by atoms with Gasteiger partial charge in [0.15, 0.2) is 17.5 Å². The highest BCUT2D eigenvalue weighted by molar-refractivity contribution is 6.31. The maximum Gasteiger partial charge on any atom is 0.236 e. The van der Waals surface area contributed by atoms with E-state index in [1.54, 1.807) is 6.20 Å². The Labute approximate surface area is 222 Å². The fourth-order valence-electron chi connectivity index (χ4n) is 6.05. The molecule has 0 saturated carbocycles. The summed E-state index contributed by atoms with van der Waals surface area (Å²) in [4.78, 5) is 4.62. The van der Waals surface area contributed by atoms with Crippen molar-refractivity contribution in [1.29, 1.82) is 0 Å². The highest BCUT2D eigenvalue weighted by Gasteiger charge is 2.48. The van der Waals surface area contributed by atoms with Crippen LogP contribution in [0.4, 0.5) is 0 Å². The SMILES string of the molecule is Cc1ccc(O[C@H]2C[N+]3(Cc4cnc(C(O)(c5ccccc5)c5ccccc5)o4)CCC2CC3)cc1Cl. The van der Waals surface area contributed by atoms with Gasteiger partial charge in [-0.25, -0.2) is 4.98 Å². The number of nitrogens with zero attached hydrogens (tertiary/aromatic N) is 2. The second kappa shape index (κ2) is 9.64. The van der Waals surface area contributed by atoms with Crippen LogP contribution in [0.25, 0.3) is 0 Å². The molecular formula is C31H32ClN2O3+. The number of rotatable bonds is 7. The van der Waals surface area contributed by atoms with Gasteiger partial charge in [-0.15, -0.1) is 0 Å². The molecule has 1 atom stereocenters. The van der Waals surface area contributed by atoms with Crippen LogP contribution in [0, 0.1) is 12.8 Å². The van der Waals surface area contributed by atoms with Crippen molar-refractivity contribution in [3.63, 3.8) is 0 Å². The first-order valence-electron chi connectivity index (χ1n) is 13.0. The summed E-state index contributed by atoms with van der Waals surface area (Å²) in [5.74, 6) is 2.49. The quantitative estimate of drug-likeness (QED) is 0.302.